The van der Waals surface area contributed by atoms with Crippen LogP contribution >= 0.6 is 7.60 Å². The second-order valence-corrected chi connectivity index (χ2v) is 11.1. The maximum atomic E-state index is 13.7. The summed E-state index contributed by atoms with van der Waals surface area (Å²) in [7, 11) is -6.55. The van der Waals surface area contributed by atoms with Crippen molar-refractivity contribution in [1.29, 1.82) is 0 Å². The van der Waals surface area contributed by atoms with Gasteiger partial charge in [-0.2, -0.15) is 0 Å². The summed E-state index contributed by atoms with van der Waals surface area (Å²) in [6, 6.07) is 11.5. The quantitative estimate of drug-likeness (QED) is 0.406. The minimum Gasteiger partial charge on any atom is -0.497 e. The van der Waals surface area contributed by atoms with E-state index in [4.69, 9.17) is 13.8 Å². The summed E-state index contributed by atoms with van der Waals surface area (Å²) < 4.78 is 57.3. The van der Waals surface area contributed by atoms with E-state index in [2.05, 4.69) is 5.32 Å². The predicted molar refractivity (Wildman–Crippen MR) is 126 cm³/mol. The Balaban J connectivity index is 2.36. The summed E-state index contributed by atoms with van der Waals surface area (Å²) in [6.45, 7) is 5.79. The number of ether oxygens (including phenoxy) is 1. The average Bonchev–Trinajstić information content (AvgIpc) is 2.80. The number of carbonyl (C=O) groups is 1. The number of sulfonamides is 1. The molecule has 0 bridgehead atoms. The lowest BCUT2D eigenvalue weighted by Crippen LogP contribution is -2.41. The van der Waals surface area contributed by atoms with Crippen molar-refractivity contribution in [2.75, 3.05) is 20.3 Å². The first-order chi connectivity index (χ1) is 15.6. The molecule has 2 N–H and O–H groups in total. The Morgan fingerprint density at radius 1 is 0.970 bits per heavy atom. The Bertz CT molecular complexity index is 1050. The number of amides is 2. The van der Waals surface area contributed by atoms with Crippen molar-refractivity contribution in [2.24, 2.45) is 0 Å². The molecule has 2 aromatic rings. The lowest BCUT2D eigenvalue weighted by Gasteiger charge is -2.28. The number of nitrogens with one attached hydrogen (secondary N) is 2. The van der Waals surface area contributed by atoms with Gasteiger partial charge in [0.2, 0.25) is 0 Å². The Morgan fingerprint density at radius 2 is 1.52 bits per heavy atom. The van der Waals surface area contributed by atoms with Crippen molar-refractivity contribution in [2.45, 2.75) is 44.3 Å². The fraction of sp³-hybridized carbons (Fsp3) is 0.409. The van der Waals surface area contributed by atoms with Crippen LogP contribution in [0.25, 0.3) is 0 Å². The number of hydrogen-bond acceptors (Lipinski definition) is 7. The fourth-order valence-corrected chi connectivity index (χ4v) is 5.78. The van der Waals surface area contributed by atoms with E-state index in [1.165, 1.54) is 19.2 Å². The molecule has 0 saturated carbocycles. The summed E-state index contributed by atoms with van der Waals surface area (Å²) >= 11 is 0. The molecule has 0 fully saturated rings. The van der Waals surface area contributed by atoms with Crippen molar-refractivity contribution in [3.05, 3.63) is 59.7 Å². The average molecular weight is 499 g/mol. The van der Waals surface area contributed by atoms with E-state index in [1.54, 1.807) is 36.4 Å². The van der Waals surface area contributed by atoms with Crippen molar-refractivity contribution < 1.29 is 31.6 Å². The van der Waals surface area contributed by atoms with Gasteiger partial charge in [-0.05, 0) is 49.6 Å². The van der Waals surface area contributed by atoms with Crippen LogP contribution < -0.4 is 14.8 Å². The van der Waals surface area contributed by atoms with Gasteiger partial charge in [-0.1, -0.05) is 43.7 Å². The molecule has 1 atom stereocenters. The molecule has 0 aliphatic carbocycles. The Kier molecular flexibility index (Phi) is 9.91. The van der Waals surface area contributed by atoms with Crippen LogP contribution in [0.2, 0.25) is 0 Å². The third-order valence-electron chi connectivity index (χ3n) is 4.52. The minimum absolute atomic E-state index is 0.0723. The number of benzene rings is 2. The van der Waals surface area contributed by atoms with Gasteiger partial charge in [0.05, 0.1) is 25.2 Å². The number of rotatable bonds is 12. The molecule has 0 spiro atoms. The first-order valence-corrected chi connectivity index (χ1v) is 13.7. The SMILES string of the molecule is CCCOP(=O)(OCCC)C(NC(=O)NS(=O)(=O)c1ccc(C)cc1)c1ccc(OC)cc1. The normalized spacial score (nSPS) is 12.7. The summed E-state index contributed by atoms with van der Waals surface area (Å²) in [5.74, 6) is -0.683. The van der Waals surface area contributed by atoms with Crippen molar-refractivity contribution in [3.63, 3.8) is 0 Å². The largest absolute Gasteiger partial charge is 0.497 e. The topological polar surface area (TPSA) is 120 Å². The molecule has 0 aromatic heterocycles. The monoisotopic (exact) mass is 498 g/mol. The van der Waals surface area contributed by atoms with Gasteiger partial charge in [0.25, 0.3) is 10.0 Å². The molecule has 182 valence electrons. The van der Waals surface area contributed by atoms with E-state index in [1.807, 2.05) is 25.5 Å². The van der Waals surface area contributed by atoms with Gasteiger partial charge in [0.15, 0.2) is 5.78 Å². The Morgan fingerprint density at radius 3 is 2.00 bits per heavy atom. The van der Waals surface area contributed by atoms with Crippen molar-refractivity contribution >= 4 is 23.7 Å². The molecule has 9 nitrogen and oxygen atoms in total. The van der Waals surface area contributed by atoms with Crippen LogP contribution in [-0.4, -0.2) is 34.8 Å². The van der Waals surface area contributed by atoms with Crippen LogP contribution in [0, 0.1) is 6.92 Å². The van der Waals surface area contributed by atoms with Crippen LogP contribution in [0.4, 0.5) is 4.79 Å². The molecule has 0 aliphatic heterocycles. The lowest BCUT2D eigenvalue weighted by molar-refractivity contribution is 0.191. The van der Waals surface area contributed by atoms with E-state index in [9.17, 15) is 17.8 Å². The van der Waals surface area contributed by atoms with Gasteiger partial charge < -0.3 is 19.1 Å². The fourth-order valence-electron chi connectivity index (χ4n) is 2.81. The molecular formula is C22H31N2O7PS. The first-order valence-electron chi connectivity index (χ1n) is 10.6. The zero-order valence-corrected chi connectivity index (χ0v) is 20.9. The highest BCUT2D eigenvalue weighted by atomic mass is 32.2. The second-order valence-electron chi connectivity index (χ2n) is 7.27. The van der Waals surface area contributed by atoms with Crippen LogP contribution in [0.3, 0.4) is 0 Å². The maximum absolute atomic E-state index is 13.7. The molecule has 2 aromatic carbocycles. The summed E-state index contributed by atoms with van der Waals surface area (Å²) in [6.07, 6.45) is 1.14. The number of aryl methyl sites for hydroxylation is 1. The summed E-state index contributed by atoms with van der Waals surface area (Å²) in [5.41, 5.74) is 1.29. The summed E-state index contributed by atoms with van der Waals surface area (Å²) in [5, 5.41) is 2.48. The van der Waals surface area contributed by atoms with Crippen LogP contribution in [-0.2, 0) is 23.6 Å². The number of carbonyl (C=O) groups excluding carboxylic acids is 1. The minimum atomic E-state index is -4.15. The molecule has 0 radical (unpaired) electrons. The predicted octanol–water partition coefficient (Wildman–Crippen LogP) is 4.74. The Hall–Kier alpha value is -2.39. The van der Waals surface area contributed by atoms with E-state index in [0.29, 0.717) is 24.2 Å². The van der Waals surface area contributed by atoms with Crippen LogP contribution in [0.15, 0.2) is 53.4 Å². The molecule has 0 aliphatic rings. The van der Waals surface area contributed by atoms with Gasteiger partial charge in [0.1, 0.15) is 5.75 Å². The van der Waals surface area contributed by atoms with Gasteiger partial charge in [-0.3, -0.25) is 4.57 Å². The second kappa shape index (κ2) is 12.2. The number of hydrogen-bond donors (Lipinski definition) is 2. The molecule has 11 heteroatoms. The van der Waals surface area contributed by atoms with Crippen molar-refractivity contribution in [3.8, 4) is 5.75 Å². The van der Waals surface area contributed by atoms with Gasteiger partial charge >= 0.3 is 13.6 Å². The van der Waals surface area contributed by atoms with Gasteiger partial charge in [-0.25, -0.2) is 17.9 Å². The molecule has 0 heterocycles. The molecule has 2 amide bonds. The molecule has 0 saturated heterocycles. The smallest absolute Gasteiger partial charge is 0.357 e. The third kappa shape index (κ3) is 7.57. The Labute approximate surface area is 195 Å². The van der Waals surface area contributed by atoms with Crippen LogP contribution in [0.1, 0.15) is 43.6 Å². The standard InChI is InChI=1S/C22H31N2O7PS/c1-5-15-30-32(26,31-16-6-2)21(18-9-11-19(29-4)12-10-18)23-22(25)24-33(27,28)20-13-7-17(3)8-14-20/h7-14,21H,5-6,15-16H2,1-4H3,(H2,23,24,25). The van der Waals surface area contributed by atoms with Crippen molar-refractivity contribution in [1.82, 2.24) is 10.0 Å². The molecule has 1 unspecified atom stereocenters. The van der Waals surface area contributed by atoms with E-state index in [0.717, 1.165) is 5.56 Å². The maximum Gasteiger partial charge on any atom is 0.357 e. The highest BCUT2D eigenvalue weighted by Crippen LogP contribution is 2.60. The van der Waals surface area contributed by atoms with Crippen LogP contribution in [0.5, 0.6) is 5.75 Å². The van der Waals surface area contributed by atoms with Gasteiger partial charge in [-0.15, -0.1) is 0 Å². The molecule has 33 heavy (non-hydrogen) atoms. The zero-order valence-electron chi connectivity index (χ0n) is 19.2. The number of methoxy groups -OCH3 is 1. The third-order valence-corrected chi connectivity index (χ3v) is 8.02. The zero-order chi connectivity index (χ0) is 24.5. The molecule has 2 rings (SSSR count). The van der Waals surface area contributed by atoms with Gasteiger partial charge in [0, 0.05) is 0 Å². The summed E-state index contributed by atoms with van der Waals surface area (Å²) in [4.78, 5) is 12.7. The highest BCUT2D eigenvalue weighted by Gasteiger charge is 2.39. The van der Waals surface area contributed by atoms with E-state index >= 15 is 0 Å². The van der Waals surface area contributed by atoms with E-state index in [-0.39, 0.29) is 18.1 Å². The first kappa shape index (κ1) is 26.9. The lowest BCUT2D eigenvalue weighted by atomic mass is 10.2. The number of urea groups is 1. The molecular weight excluding hydrogens is 467 g/mol. The van der Waals surface area contributed by atoms with E-state index < -0.39 is 29.4 Å². The highest BCUT2D eigenvalue weighted by molar-refractivity contribution is 7.90.